The third-order valence-corrected chi connectivity index (χ3v) is 3.85. The summed E-state index contributed by atoms with van der Waals surface area (Å²) in [7, 11) is 4.03. The van der Waals surface area contributed by atoms with Crippen LogP contribution in [-0.4, -0.2) is 26.3 Å². The molecule has 1 fully saturated rings. The standard InChI is InChI=1S/C19H21N3O/c1-14-11-16(19(13-20)21-2)12-18(23-14)10-7-15-5-8-17(9-6-15)22(3)4/h5-10,14,18H,11-12H2,1,3-4H3/b10-7+,19-16-. The summed E-state index contributed by atoms with van der Waals surface area (Å²) >= 11 is 0. The average molecular weight is 307 g/mol. The average Bonchev–Trinajstić information content (AvgIpc) is 2.54. The van der Waals surface area contributed by atoms with E-state index in [2.05, 4.69) is 34.0 Å². The van der Waals surface area contributed by atoms with Crippen molar-refractivity contribution in [1.29, 1.82) is 5.26 Å². The van der Waals surface area contributed by atoms with Gasteiger partial charge in [-0.1, -0.05) is 24.3 Å². The third kappa shape index (κ3) is 4.45. The van der Waals surface area contributed by atoms with Gasteiger partial charge in [-0.2, -0.15) is 0 Å². The summed E-state index contributed by atoms with van der Waals surface area (Å²) in [6.07, 6.45) is 5.25. The summed E-state index contributed by atoms with van der Waals surface area (Å²) in [6, 6.07) is 10.3. The monoisotopic (exact) mass is 307 g/mol. The van der Waals surface area contributed by atoms with Crippen LogP contribution in [0.1, 0.15) is 25.3 Å². The summed E-state index contributed by atoms with van der Waals surface area (Å²) in [5, 5.41) is 9.05. The molecule has 4 heteroatoms. The van der Waals surface area contributed by atoms with E-state index in [-0.39, 0.29) is 17.9 Å². The molecule has 0 aromatic heterocycles. The topological polar surface area (TPSA) is 40.6 Å². The smallest absolute Gasteiger partial charge is 0.261 e. The van der Waals surface area contributed by atoms with Gasteiger partial charge in [0, 0.05) is 19.8 Å². The largest absolute Gasteiger partial charge is 0.378 e. The van der Waals surface area contributed by atoms with E-state index < -0.39 is 0 Å². The molecule has 0 radical (unpaired) electrons. The SMILES string of the molecule is [C-]#[N+]/C(C#N)=C1/CC(C)OC(/C=C/c2ccc(N(C)C)cc2)C1. The fraction of sp³-hybridized carbons (Fsp3) is 0.368. The highest BCUT2D eigenvalue weighted by Gasteiger charge is 2.23. The molecule has 0 saturated carbocycles. The van der Waals surface area contributed by atoms with Gasteiger partial charge in [0.2, 0.25) is 0 Å². The molecule has 23 heavy (non-hydrogen) atoms. The van der Waals surface area contributed by atoms with Crippen LogP contribution in [0.4, 0.5) is 5.69 Å². The van der Waals surface area contributed by atoms with Crippen LogP contribution in [0.25, 0.3) is 10.9 Å². The zero-order valence-corrected chi connectivity index (χ0v) is 13.8. The normalized spacial score (nSPS) is 23.2. The van der Waals surface area contributed by atoms with Crippen LogP contribution in [0, 0.1) is 17.9 Å². The summed E-state index contributed by atoms with van der Waals surface area (Å²) < 4.78 is 5.90. The number of hydrogen-bond donors (Lipinski definition) is 0. The molecule has 2 atom stereocenters. The van der Waals surface area contributed by atoms with E-state index >= 15 is 0 Å². The minimum absolute atomic E-state index is 0.0228. The highest BCUT2D eigenvalue weighted by atomic mass is 16.5. The maximum absolute atomic E-state index is 9.05. The Kier molecular flexibility index (Phi) is 5.57. The Balaban J connectivity index is 2.11. The number of nitrogens with zero attached hydrogens (tertiary/aromatic N) is 3. The van der Waals surface area contributed by atoms with Crippen LogP contribution in [0.3, 0.4) is 0 Å². The van der Waals surface area contributed by atoms with Crippen LogP contribution in [-0.2, 0) is 4.74 Å². The van der Waals surface area contributed by atoms with Crippen molar-refractivity contribution in [2.75, 3.05) is 19.0 Å². The van der Waals surface area contributed by atoms with Gasteiger partial charge in [-0.25, -0.2) is 10.1 Å². The van der Waals surface area contributed by atoms with Crippen LogP contribution < -0.4 is 4.90 Å². The maximum atomic E-state index is 9.05. The Hall–Kier alpha value is -2.56. The molecule has 1 saturated heterocycles. The van der Waals surface area contributed by atoms with Crippen molar-refractivity contribution in [2.45, 2.75) is 32.0 Å². The highest BCUT2D eigenvalue weighted by Crippen LogP contribution is 2.28. The predicted octanol–water partition coefficient (Wildman–Crippen LogP) is 4.03. The van der Waals surface area contributed by atoms with Crippen molar-refractivity contribution >= 4 is 11.8 Å². The quantitative estimate of drug-likeness (QED) is 0.625. The molecule has 2 unspecified atom stereocenters. The lowest BCUT2D eigenvalue weighted by molar-refractivity contribution is 0.00550. The van der Waals surface area contributed by atoms with Gasteiger partial charge in [-0.15, -0.1) is 0 Å². The molecular weight excluding hydrogens is 286 g/mol. The van der Waals surface area contributed by atoms with E-state index in [9.17, 15) is 0 Å². The Morgan fingerprint density at radius 2 is 2.04 bits per heavy atom. The first-order chi connectivity index (χ1) is 11.0. The molecule has 1 aromatic rings. The number of allylic oxidation sites excluding steroid dienone is 1. The van der Waals surface area contributed by atoms with Crippen molar-refractivity contribution in [3.63, 3.8) is 0 Å². The number of rotatable bonds is 3. The van der Waals surface area contributed by atoms with E-state index in [1.54, 1.807) is 0 Å². The van der Waals surface area contributed by atoms with E-state index in [4.69, 9.17) is 16.6 Å². The summed E-state index contributed by atoms with van der Waals surface area (Å²) in [5.74, 6) is 0. The van der Waals surface area contributed by atoms with Crippen LogP contribution in [0.5, 0.6) is 0 Å². The van der Waals surface area contributed by atoms with Crippen molar-refractivity contribution in [2.24, 2.45) is 0 Å². The lowest BCUT2D eigenvalue weighted by Crippen LogP contribution is -2.25. The van der Waals surface area contributed by atoms with Crippen molar-refractivity contribution < 1.29 is 4.74 Å². The molecule has 2 rings (SSSR count). The Labute approximate surface area is 138 Å². The summed E-state index contributed by atoms with van der Waals surface area (Å²) in [4.78, 5) is 5.39. The number of ether oxygens (including phenoxy) is 1. The fourth-order valence-electron chi connectivity index (χ4n) is 2.66. The molecular formula is C19H21N3O. The molecule has 0 spiro atoms. The van der Waals surface area contributed by atoms with Crippen molar-refractivity contribution in [3.05, 3.63) is 58.6 Å². The van der Waals surface area contributed by atoms with Crippen LogP contribution in [0.2, 0.25) is 0 Å². The summed E-state index contributed by atoms with van der Waals surface area (Å²) in [5.41, 5.74) is 3.38. The first kappa shape index (κ1) is 16.8. The number of benzene rings is 1. The molecule has 4 nitrogen and oxygen atoms in total. The van der Waals surface area contributed by atoms with E-state index in [1.807, 2.05) is 39.2 Å². The van der Waals surface area contributed by atoms with Crippen molar-refractivity contribution in [1.82, 2.24) is 0 Å². The second-order valence-electron chi connectivity index (χ2n) is 5.91. The zero-order chi connectivity index (χ0) is 16.8. The number of anilines is 1. The van der Waals surface area contributed by atoms with Gasteiger partial charge in [0.05, 0.1) is 24.8 Å². The van der Waals surface area contributed by atoms with Crippen LogP contribution >= 0.6 is 0 Å². The second kappa shape index (κ2) is 7.63. The van der Waals surface area contributed by atoms with Gasteiger partial charge in [-0.3, -0.25) is 0 Å². The van der Waals surface area contributed by atoms with Gasteiger partial charge in [0.15, 0.2) is 0 Å². The molecule has 118 valence electrons. The van der Waals surface area contributed by atoms with Crippen molar-refractivity contribution in [3.8, 4) is 6.07 Å². The van der Waals surface area contributed by atoms with E-state index in [1.165, 1.54) is 0 Å². The van der Waals surface area contributed by atoms with Crippen LogP contribution in [0.15, 0.2) is 41.6 Å². The minimum Gasteiger partial charge on any atom is -0.378 e. The van der Waals surface area contributed by atoms with Gasteiger partial charge in [-0.05, 0) is 43.0 Å². The minimum atomic E-state index is -0.0904. The second-order valence-corrected chi connectivity index (χ2v) is 5.91. The molecule has 0 aliphatic carbocycles. The summed E-state index contributed by atoms with van der Waals surface area (Å²) in [6.45, 7) is 9.08. The van der Waals surface area contributed by atoms with E-state index in [0.717, 1.165) is 16.8 Å². The van der Waals surface area contributed by atoms with E-state index in [0.29, 0.717) is 12.8 Å². The Morgan fingerprint density at radius 1 is 1.35 bits per heavy atom. The zero-order valence-electron chi connectivity index (χ0n) is 13.8. The molecule has 1 heterocycles. The predicted molar refractivity (Wildman–Crippen MR) is 92.6 cm³/mol. The molecule has 0 amide bonds. The first-order valence-electron chi connectivity index (χ1n) is 7.64. The molecule has 1 aliphatic heterocycles. The number of hydrogen-bond acceptors (Lipinski definition) is 3. The molecule has 1 aromatic carbocycles. The first-order valence-corrected chi connectivity index (χ1v) is 7.64. The Morgan fingerprint density at radius 3 is 2.61 bits per heavy atom. The number of nitriles is 1. The third-order valence-electron chi connectivity index (χ3n) is 3.85. The van der Waals surface area contributed by atoms with Gasteiger partial charge in [0.1, 0.15) is 0 Å². The molecule has 0 bridgehead atoms. The molecule has 1 aliphatic rings. The van der Waals surface area contributed by atoms with Gasteiger partial charge >= 0.3 is 0 Å². The van der Waals surface area contributed by atoms with Gasteiger partial charge < -0.3 is 9.64 Å². The van der Waals surface area contributed by atoms with Gasteiger partial charge in [0.25, 0.3) is 5.70 Å². The lowest BCUT2D eigenvalue weighted by atomic mass is 9.96. The Bertz CT molecular complexity index is 671. The maximum Gasteiger partial charge on any atom is 0.261 e. The highest BCUT2D eigenvalue weighted by molar-refractivity contribution is 5.56. The molecule has 0 N–H and O–H groups in total. The lowest BCUT2D eigenvalue weighted by Gasteiger charge is -2.28. The fourth-order valence-corrected chi connectivity index (χ4v) is 2.66.